The van der Waals surface area contributed by atoms with Crippen LogP contribution in [0.25, 0.3) is 22.0 Å². The lowest BCUT2D eigenvalue weighted by atomic mass is 9.95. The minimum absolute atomic E-state index is 0. The number of benzene rings is 2. The average Bonchev–Trinajstić information content (AvgIpc) is 3.80. The maximum atomic E-state index is 12.3. The summed E-state index contributed by atoms with van der Waals surface area (Å²) in [6.45, 7) is 5.38. The number of hydrogen-bond acceptors (Lipinski definition) is 9. The molecule has 44 heavy (non-hydrogen) atoms. The van der Waals surface area contributed by atoms with Crippen molar-refractivity contribution in [3.05, 3.63) is 48.3 Å². The number of methoxy groups -OCH3 is 1. The Labute approximate surface area is 266 Å². The number of esters is 1. The number of halogens is 1. The molecule has 0 saturated carbocycles. The summed E-state index contributed by atoms with van der Waals surface area (Å²) in [6, 6.07) is 10.2. The number of unbranched alkanes of at least 4 members (excludes halogenated alkanes) is 1. The van der Waals surface area contributed by atoms with Gasteiger partial charge < -0.3 is 45.6 Å². The normalized spacial score (nSPS) is 16.3. The van der Waals surface area contributed by atoms with Crippen LogP contribution in [-0.2, 0) is 29.0 Å². The van der Waals surface area contributed by atoms with Gasteiger partial charge in [0.05, 0.1) is 37.5 Å². The molecule has 4 aromatic rings. The van der Waals surface area contributed by atoms with Gasteiger partial charge in [0.25, 0.3) is 0 Å². The van der Waals surface area contributed by atoms with Crippen molar-refractivity contribution in [1.29, 1.82) is 0 Å². The zero-order valence-corrected chi connectivity index (χ0v) is 26.5. The van der Waals surface area contributed by atoms with Crippen LogP contribution in [0.3, 0.4) is 0 Å². The maximum Gasteiger partial charge on any atom is 0.328 e. The molecule has 1 saturated heterocycles. The standard InChI is InChI=1S/C32H36N5O6.BrH/c1-3-40-32(38)25-7-6-12-37(25)30-19-36(34-33-30)11-4-5-14-41-31-24-18-35-13-10-22-16-28-29(43-20-42-28)17-23(22)26(35)15-21(24)8-9-27(31)39-2;/h8-9,15-19,25H,3-7,10-14,20H2,1-2H3;1H/q+1;/p-1. The van der Waals surface area contributed by atoms with Crippen molar-refractivity contribution in [2.45, 2.75) is 58.2 Å². The number of rotatable bonds is 10. The van der Waals surface area contributed by atoms with Gasteiger partial charge in [0.1, 0.15) is 6.04 Å². The van der Waals surface area contributed by atoms with Crippen LogP contribution in [0.1, 0.15) is 38.2 Å². The lowest BCUT2D eigenvalue weighted by molar-refractivity contribution is -0.686. The van der Waals surface area contributed by atoms with Gasteiger partial charge in [-0.05, 0) is 67.8 Å². The molecule has 0 aliphatic carbocycles. The zero-order valence-electron chi connectivity index (χ0n) is 25.0. The molecule has 0 bridgehead atoms. The topological polar surface area (TPSA) is 101 Å². The smallest absolute Gasteiger partial charge is 0.328 e. The highest BCUT2D eigenvalue weighted by atomic mass is 79.9. The largest absolute Gasteiger partial charge is 1.00 e. The van der Waals surface area contributed by atoms with Crippen molar-refractivity contribution in [1.82, 2.24) is 15.0 Å². The van der Waals surface area contributed by atoms with Crippen LogP contribution in [-0.4, -0.2) is 60.7 Å². The average molecular weight is 667 g/mol. The molecule has 232 valence electrons. The summed E-state index contributed by atoms with van der Waals surface area (Å²) in [5.74, 6) is 3.63. The van der Waals surface area contributed by atoms with Crippen LogP contribution in [0.15, 0.2) is 42.7 Å². The minimum atomic E-state index is -0.281. The number of ether oxygens (including phenoxy) is 5. The molecule has 3 aliphatic rings. The number of anilines is 1. The third-order valence-corrected chi connectivity index (χ3v) is 8.46. The van der Waals surface area contributed by atoms with Crippen LogP contribution in [0.5, 0.6) is 23.0 Å². The predicted octanol–water partition coefficient (Wildman–Crippen LogP) is 1.07. The highest BCUT2D eigenvalue weighted by Crippen LogP contribution is 2.41. The Bertz CT molecular complexity index is 1680. The van der Waals surface area contributed by atoms with Gasteiger partial charge in [0.15, 0.2) is 41.6 Å². The van der Waals surface area contributed by atoms with E-state index in [4.69, 9.17) is 23.7 Å². The summed E-state index contributed by atoms with van der Waals surface area (Å²) in [5, 5.41) is 10.7. The number of aryl methyl sites for hydroxylation is 3. The van der Waals surface area contributed by atoms with E-state index in [0.717, 1.165) is 90.5 Å². The third kappa shape index (κ3) is 5.62. The van der Waals surface area contributed by atoms with Gasteiger partial charge in [-0.15, -0.1) is 5.10 Å². The van der Waals surface area contributed by atoms with Crippen molar-refractivity contribution in [3.8, 4) is 34.3 Å². The molecule has 2 aromatic heterocycles. The molecule has 11 nitrogen and oxygen atoms in total. The van der Waals surface area contributed by atoms with E-state index in [1.807, 2.05) is 28.8 Å². The summed E-state index contributed by atoms with van der Waals surface area (Å²) >= 11 is 0. The molecule has 7 rings (SSSR count). The summed E-state index contributed by atoms with van der Waals surface area (Å²) in [4.78, 5) is 14.3. The number of carbonyl (C=O) groups is 1. The van der Waals surface area contributed by atoms with E-state index in [1.165, 1.54) is 11.1 Å². The van der Waals surface area contributed by atoms with Gasteiger partial charge in [-0.2, -0.15) is 4.57 Å². The molecule has 2 aromatic carbocycles. The van der Waals surface area contributed by atoms with Gasteiger partial charge in [0, 0.05) is 25.6 Å². The van der Waals surface area contributed by atoms with E-state index < -0.39 is 0 Å². The first-order valence-electron chi connectivity index (χ1n) is 15.1. The van der Waals surface area contributed by atoms with E-state index in [9.17, 15) is 4.79 Å². The van der Waals surface area contributed by atoms with Gasteiger partial charge >= 0.3 is 5.97 Å². The van der Waals surface area contributed by atoms with Crippen LogP contribution < -0.4 is 45.4 Å². The molecule has 0 radical (unpaired) electrons. The van der Waals surface area contributed by atoms with Crippen LogP contribution in [0.2, 0.25) is 0 Å². The van der Waals surface area contributed by atoms with Crippen LogP contribution in [0.4, 0.5) is 5.82 Å². The lowest BCUT2D eigenvalue weighted by Gasteiger charge is -2.21. The first-order chi connectivity index (χ1) is 21.1. The Morgan fingerprint density at radius 2 is 2.02 bits per heavy atom. The second-order valence-electron chi connectivity index (χ2n) is 11.1. The van der Waals surface area contributed by atoms with Crippen molar-refractivity contribution in [3.63, 3.8) is 0 Å². The van der Waals surface area contributed by atoms with Crippen LogP contribution in [0, 0.1) is 0 Å². The zero-order chi connectivity index (χ0) is 29.3. The fourth-order valence-electron chi connectivity index (χ4n) is 6.31. The van der Waals surface area contributed by atoms with Gasteiger partial charge in [-0.1, -0.05) is 5.21 Å². The summed E-state index contributed by atoms with van der Waals surface area (Å²) in [7, 11) is 1.67. The monoisotopic (exact) mass is 665 g/mol. The van der Waals surface area contributed by atoms with Crippen molar-refractivity contribution < 1.29 is 50.0 Å². The molecule has 1 fully saturated rings. The van der Waals surface area contributed by atoms with Crippen molar-refractivity contribution in [2.75, 3.05) is 38.6 Å². The first kappa shape index (κ1) is 30.0. The van der Waals surface area contributed by atoms with E-state index in [0.29, 0.717) is 19.8 Å². The summed E-state index contributed by atoms with van der Waals surface area (Å²) < 4.78 is 32.7. The number of hydrogen-bond donors (Lipinski definition) is 0. The second kappa shape index (κ2) is 12.9. The number of pyridine rings is 1. The molecule has 1 unspecified atom stereocenters. The van der Waals surface area contributed by atoms with Crippen LogP contribution >= 0.6 is 0 Å². The molecular weight excluding hydrogens is 630 g/mol. The SMILES string of the molecule is CCOC(=O)C1CCCN1c1cn(CCCCOc2c(OC)ccc3cc4[n+](cc23)CCc2cc3c(cc2-4)OCO3)nn1.[Br-]. The molecule has 0 amide bonds. The number of aromatic nitrogens is 4. The maximum absolute atomic E-state index is 12.3. The lowest BCUT2D eigenvalue weighted by Crippen LogP contribution is -3.00. The quantitative estimate of drug-likeness (QED) is 0.140. The Morgan fingerprint density at radius 3 is 2.86 bits per heavy atom. The molecule has 3 aliphatic heterocycles. The Morgan fingerprint density at radius 1 is 1.16 bits per heavy atom. The highest BCUT2D eigenvalue weighted by Gasteiger charge is 2.33. The van der Waals surface area contributed by atoms with E-state index >= 15 is 0 Å². The van der Waals surface area contributed by atoms with Gasteiger partial charge in [-0.3, -0.25) is 4.68 Å². The summed E-state index contributed by atoms with van der Waals surface area (Å²) in [6.07, 6.45) is 8.43. The molecule has 0 spiro atoms. The minimum Gasteiger partial charge on any atom is -1.00 e. The number of fused-ring (bicyclic) bond motifs is 5. The fourth-order valence-corrected chi connectivity index (χ4v) is 6.31. The van der Waals surface area contributed by atoms with Gasteiger partial charge in [-0.25, -0.2) is 4.79 Å². The van der Waals surface area contributed by atoms with Crippen molar-refractivity contribution >= 4 is 22.6 Å². The van der Waals surface area contributed by atoms with Crippen molar-refractivity contribution in [2.24, 2.45) is 0 Å². The van der Waals surface area contributed by atoms with E-state index in [2.05, 4.69) is 45.3 Å². The van der Waals surface area contributed by atoms with E-state index in [1.54, 1.807) is 7.11 Å². The highest BCUT2D eigenvalue weighted by molar-refractivity contribution is 5.91. The van der Waals surface area contributed by atoms with E-state index in [-0.39, 0.29) is 35.8 Å². The first-order valence-corrected chi connectivity index (χ1v) is 15.1. The second-order valence-corrected chi connectivity index (χ2v) is 11.1. The molecule has 5 heterocycles. The molecule has 1 atom stereocenters. The number of nitrogens with zero attached hydrogens (tertiary/aromatic N) is 5. The third-order valence-electron chi connectivity index (χ3n) is 8.46. The summed E-state index contributed by atoms with van der Waals surface area (Å²) in [5.41, 5.74) is 3.60. The molecular formula is C32H36BrN5O6. The van der Waals surface area contributed by atoms with Gasteiger partial charge in [0.2, 0.25) is 12.5 Å². The Balaban J connectivity index is 0.00000343. The molecule has 12 heteroatoms. The number of carbonyl (C=O) groups excluding carboxylic acids is 1. The Kier molecular flexibility index (Phi) is 8.79. The molecule has 0 N–H and O–H groups in total. The predicted molar refractivity (Wildman–Crippen MR) is 158 cm³/mol. The Hall–Kier alpha value is -4.06. The fraction of sp³-hybridized carbons (Fsp3) is 0.438.